The molecule has 2 rings (SSSR count). The zero-order chi connectivity index (χ0) is 18.9. The summed E-state index contributed by atoms with van der Waals surface area (Å²) < 4.78 is 0. The van der Waals surface area contributed by atoms with Gasteiger partial charge in [-0.15, -0.1) is 0 Å². The Hall–Kier alpha value is -2.06. The van der Waals surface area contributed by atoms with Crippen molar-refractivity contribution in [3.8, 4) is 0 Å². The molecule has 0 saturated carbocycles. The molecule has 8 heteroatoms. The number of nitrogens with two attached hydrogens (primary N) is 1. The molecule has 8 nitrogen and oxygen atoms in total. The maximum atomic E-state index is 12.5. The highest BCUT2D eigenvalue weighted by molar-refractivity contribution is 5.96. The zero-order valence-corrected chi connectivity index (χ0v) is 15.1. The lowest BCUT2D eigenvalue weighted by Gasteiger charge is -2.48. The maximum absolute atomic E-state index is 12.5. The van der Waals surface area contributed by atoms with E-state index in [-0.39, 0.29) is 17.9 Å². The first-order valence-corrected chi connectivity index (χ1v) is 8.50. The molecule has 2 aliphatic heterocycles. The number of carboxylic acid groups (broad SMARTS) is 1. The molecule has 0 radical (unpaired) electrons. The topological polar surface area (TPSA) is 119 Å². The van der Waals surface area contributed by atoms with E-state index in [1.807, 2.05) is 38.8 Å². The lowest BCUT2D eigenvalue weighted by atomic mass is 9.81. The van der Waals surface area contributed by atoms with Gasteiger partial charge < -0.3 is 20.8 Å². The molecule has 1 saturated heterocycles. The monoisotopic (exact) mass is 352 g/mol. The Morgan fingerprint density at radius 3 is 2.60 bits per heavy atom. The highest BCUT2D eigenvalue weighted by Crippen LogP contribution is 2.34. The fourth-order valence-electron chi connectivity index (χ4n) is 2.96. The minimum atomic E-state index is -1.31. The number of likely N-dealkylation sites (tertiary alicyclic amines) is 1. The predicted molar refractivity (Wildman–Crippen MR) is 92.8 cm³/mol. The van der Waals surface area contributed by atoms with Gasteiger partial charge in [0.1, 0.15) is 6.04 Å². The van der Waals surface area contributed by atoms with Crippen molar-refractivity contribution in [3.05, 3.63) is 23.5 Å². The van der Waals surface area contributed by atoms with E-state index in [0.717, 1.165) is 10.5 Å². The first-order chi connectivity index (χ1) is 11.6. The second kappa shape index (κ2) is 7.45. The third kappa shape index (κ3) is 3.96. The van der Waals surface area contributed by atoms with E-state index in [1.54, 1.807) is 6.08 Å². The van der Waals surface area contributed by atoms with Crippen molar-refractivity contribution in [2.45, 2.75) is 45.6 Å². The lowest BCUT2D eigenvalue weighted by molar-refractivity contribution is -0.191. The van der Waals surface area contributed by atoms with Gasteiger partial charge in [-0.05, 0) is 30.9 Å². The molecule has 1 fully saturated rings. The average molecular weight is 352 g/mol. The predicted octanol–water partition coefficient (Wildman–Crippen LogP) is -0.130. The number of likely N-dealkylation sites (N-methyl/N-ethyl adjacent to an activating group) is 1. The average Bonchev–Trinajstić information content (AvgIpc) is 2.52. The van der Waals surface area contributed by atoms with Crippen molar-refractivity contribution in [1.82, 2.24) is 15.1 Å². The largest absolute Gasteiger partial charge is 0.480 e. The SMILES string of the molecule is CC(C)C(C)NC(O)N1C(=O)[C@H](CC2=CCN(C)C(N)=C2)C1C(=O)O. The number of amides is 1. The number of aliphatic hydroxyl groups is 1. The van der Waals surface area contributed by atoms with E-state index in [4.69, 9.17) is 5.73 Å². The van der Waals surface area contributed by atoms with Gasteiger partial charge >= 0.3 is 5.97 Å². The van der Waals surface area contributed by atoms with Gasteiger partial charge in [-0.3, -0.25) is 15.0 Å². The normalized spacial score (nSPS) is 26.1. The molecule has 25 heavy (non-hydrogen) atoms. The molecule has 2 heterocycles. The number of rotatable bonds is 7. The van der Waals surface area contributed by atoms with E-state index in [9.17, 15) is 19.8 Å². The number of nitrogens with zero attached hydrogens (tertiary/aromatic N) is 2. The Labute approximate surface area is 148 Å². The molecule has 1 amide bonds. The van der Waals surface area contributed by atoms with E-state index >= 15 is 0 Å². The molecule has 2 aliphatic rings. The summed E-state index contributed by atoms with van der Waals surface area (Å²) in [6.45, 7) is 6.45. The van der Waals surface area contributed by atoms with E-state index in [0.29, 0.717) is 18.8 Å². The second-order valence-corrected chi connectivity index (χ2v) is 7.14. The number of allylic oxidation sites excluding steroid dienone is 2. The number of aliphatic carboxylic acids is 1. The summed E-state index contributed by atoms with van der Waals surface area (Å²) in [7, 11) is 1.85. The summed E-state index contributed by atoms with van der Waals surface area (Å²) in [5, 5.41) is 22.6. The number of carbonyl (C=O) groups excluding carboxylic acids is 1. The molecule has 140 valence electrons. The number of hydrogen-bond acceptors (Lipinski definition) is 6. The first-order valence-electron chi connectivity index (χ1n) is 8.50. The molecular weight excluding hydrogens is 324 g/mol. The molecule has 3 unspecified atom stereocenters. The Bertz CT molecular complexity index is 601. The number of hydrogen-bond donors (Lipinski definition) is 4. The molecule has 5 N–H and O–H groups in total. The van der Waals surface area contributed by atoms with Crippen LogP contribution in [-0.4, -0.2) is 63.9 Å². The summed E-state index contributed by atoms with van der Waals surface area (Å²) in [5.74, 6) is -1.35. The Kier molecular flexibility index (Phi) is 5.74. The second-order valence-electron chi connectivity index (χ2n) is 7.14. The van der Waals surface area contributed by atoms with Crippen LogP contribution in [0.1, 0.15) is 27.2 Å². The number of β-lactam (4-membered cyclic amide) rings is 1. The van der Waals surface area contributed by atoms with Gasteiger partial charge in [0.2, 0.25) is 5.91 Å². The molecule has 0 spiro atoms. The van der Waals surface area contributed by atoms with Gasteiger partial charge in [-0.2, -0.15) is 0 Å². The number of nitrogens with one attached hydrogen (secondary N) is 1. The van der Waals surface area contributed by atoms with Crippen molar-refractivity contribution in [2.24, 2.45) is 17.6 Å². The first kappa shape index (κ1) is 19.3. The lowest BCUT2D eigenvalue weighted by Crippen LogP contribution is -2.70. The number of carbonyl (C=O) groups is 2. The van der Waals surface area contributed by atoms with Crippen LogP contribution in [0, 0.1) is 11.8 Å². The third-order valence-corrected chi connectivity index (χ3v) is 5.04. The van der Waals surface area contributed by atoms with E-state index in [2.05, 4.69) is 5.32 Å². The maximum Gasteiger partial charge on any atom is 0.327 e. The van der Waals surface area contributed by atoms with Crippen molar-refractivity contribution < 1.29 is 19.8 Å². The molecule has 0 aliphatic carbocycles. The van der Waals surface area contributed by atoms with Crippen molar-refractivity contribution in [1.29, 1.82) is 0 Å². The third-order valence-electron chi connectivity index (χ3n) is 5.04. The Morgan fingerprint density at radius 1 is 1.44 bits per heavy atom. The van der Waals surface area contributed by atoms with Crippen LogP contribution in [0.5, 0.6) is 0 Å². The van der Waals surface area contributed by atoms with Gasteiger partial charge in [-0.25, -0.2) is 4.79 Å². The quantitative estimate of drug-likeness (QED) is 0.372. The van der Waals surface area contributed by atoms with Crippen LogP contribution in [-0.2, 0) is 9.59 Å². The van der Waals surface area contributed by atoms with Gasteiger partial charge in [-0.1, -0.05) is 19.9 Å². The summed E-state index contributed by atoms with van der Waals surface area (Å²) in [6, 6.07) is -1.11. The number of aliphatic hydroxyl groups excluding tert-OH is 1. The van der Waals surface area contributed by atoms with Crippen LogP contribution in [0.2, 0.25) is 0 Å². The van der Waals surface area contributed by atoms with Crippen molar-refractivity contribution in [2.75, 3.05) is 13.6 Å². The Morgan fingerprint density at radius 2 is 2.08 bits per heavy atom. The van der Waals surface area contributed by atoms with E-state index < -0.39 is 24.3 Å². The van der Waals surface area contributed by atoms with Crippen LogP contribution in [0.25, 0.3) is 0 Å². The molecule has 0 aromatic carbocycles. The van der Waals surface area contributed by atoms with Gasteiger partial charge in [0.15, 0.2) is 6.35 Å². The molecular formula is C17H28N4O4. The highest BCUT2D eigenvalue weighted by Gasteiger charge is 2.54. The molecule has 0 aromatic heterocycles. The molecule has 0 bridgehead atoms. The fraction of sp³-hybridized carbons (Fsp3) is 0.647. The Balaban J connectivity index is 2.07. The fourth-order valence-corrected chi connectivity index (χ4v) is 2.96. The smallest absolute Gasteiger partial charge is 0.327 e. The van der Waals surface area contributed by atoms with Crippen LogP contribution >= 0.6 is 0 Å². The highest BCUT2D eigenvalue weighted by atomic mass is 16.4. The summed E-state index contributed by atoms with van der Waals surface area (Å²) in [5.41, 5.74) is 6.72. The standard InChI is InChI=1S/C17H28N4O4/c1-9(2)10(3)19-17(25)21-14(16(23)24)12(15(21)22)7-11-5-6-20(4)13(18)8-11/h5,8-10,12,14,17,19,25H,6-7,18H2,1-4H3,(H,23,24)/t10?,12-,14?,17?/m1/s1. The molecule has 0 aromatic rings. The van der Waals surface area contributed by atoms with Gasteiger partial charge in [0, 0.05) is 19.6 Å². The summed E-state index contributed by atoms with van der Waals surface area (Å²) in [6.07, 6.45) is 2.68. The van der Waals surface area contributed by atoms with Crippen molar-refractivity contribution in [3.63, 3.8) is 0 Å². The minimum Gasteiger partial charge on any atom is -0.480 e. The number of carboxylic acids is 1. The van der Waals surface area contributed by atoms with Crippen LogP contribution in [0.15, 0.2) is 23.5 Å². The summed E-state index contributed by atoms with van der Waals surface area (Å²) >= 11 is 0. The minimum absolute atomic E-state index is 0.0596. The van der Waals surface area contributed by atoms with Crippen LogP contribution in [0.3, 0.4) is 0 Å². The van der Waals surface area contributed by atoms with Crippen LogP contribution < -0.4 is 11.1 Å². The van der Waals surface area contributed by atoms with Gasteiger partial charge in [0.05, 0.1) is 11.7 Å². The van der Waals surface area contributed by atoms with Crippen LogP contribution in [0.4, 0.5) is 0 Å². The molecule has 4 atom stereocenters. The van der Waals surface area contributed by atoms with Crippen molar-refractivity contribution >= 4 is 11.9 Å². The van der Waals surface area contributed by atoms with Gasteiger partial charge in [0.25, 0.3) is 0 Å². The van der Waals surface area contributed by atoms with E-state index in [1.165, 1.54) is 0 Å². The zero-order valence-electron chi connectivity index (χ0n) is 15.1. The summed E-state index contributed by atoms with van der Waals surface area (Å²) in [4.78, 5) is 27.0.